The lowest BCUT2D eigenvalue weighted by atomic mass is 9.70. The molecular formula is C16H28O. The standard InChI is InChI=1S/C16H28O/c1-11-4-7-14(8-5-11)16(17)15-9-6-12(2)13(3)10-15/h11-15H,4-10H2,1-3H3. The summed E-state index contributed by atoms with van der Waals surface area (Å²) in [5.41, 5.74) is 0. The molecule has 98 valence electrons. The van der Waals surface area contributed by atoms with Crippen LogP contribution in [0.4, 0.5) is 0 Å². The van der Waals surface area contributed by atoms with Gasteiger partial charge in [0.25, 0.3) is 0 Å². The van der Waals surface area contributed by atoms with E-state index in [1.54, 1.807) is 0 Å². The molecule has 0 aromatic rings. The fourth-order valence-electron chi connectivity index (χ4n) is 3.68. The van der Waals surface area contributed by atoms with Crippen LogP contribution in [0.3, 0.4) is 0 Å². The van der Waals surface area contributed by atoms with Crippen LogP contribution in [0, 0.1) is 29.6 Å². The van der Waals surface area contributed by atoms with E-state index >= 15 is 0 Å². The van der Waals surface area contributed by atoms with Crippen molar-refractivity contribution in [3.63, 3.8) is 0 Å². The van der Waals surface area contributed by atoms with Gasteiger partial charge in [-0.05, 0) is 49.9 Å². The van der Waals surface area contributed by atoms with E-state index in [1.165, 1.54) is 32.1 Å². The molecule has 1 nitrogen and oxygen atoms in total. The third-order valence-electron chi connectivity index (χ3n) is 5.42. The molecule has 0 amide bonds. The molecule has 0 aromatic carbocycles. The van der Waals surface area contributed by atoms with E-state index in [2.05, 4.69) is 20.8 Å². The van der Waals surface area contributed by atoms with Crippen molar-refractivity contribution in [1.29, 1.82) is 0 Å². The monoisotopic (exact) mass is 236 g/mol. The van der Waals surface area contributed by atoms with Gasteiger partial charge in [0.05, 0.1) is 0 Å². The van der Waals surface area contributed by atoms with E-state index in [9.17, 15) is 4.79 Å². The van der Waals surface area contributed by atoms with Crippen molar-refractivity contribution in [2.45, 2.75) is 65.7 Å². The molecule has 2 rings (SSSR count). The number of hydrogen-bond acceptors (Lipinski definition) is 1. The molecule has 0 aliphatic heterocycles. The summed E-state index contributed by atoms with van der Waals surface area (Å²) >= 11 is 0. The van der Waals surface area contributed by atoms with Gasteiger partial charge in [-0.15, -0.1) is 0 Å². The SMILES string of the molecule is CC1CCC(C(=O)C2CCC(C)C(C)C2)CC1. The number of rotatable bonds is 2. The van der Waals surface area contributed by atoms with Crippen molar-refractivity contribution in [2.75, 3.05) is 0 Å². The Kier molecular flexibility index (Phi) is 4.27. The van der Waals surface area contributed by atoms with E-state index in [-0.39, 0.29) is 0 Å². The Balaban J connectivity index is 1.87. The summed E-state index contributed by atoms with van der Waals surface area (Å²) in [5.74, 6) is 3.86. The maximum atomic E-state index is 12.5. The van der Waals surface area contributed by atoms with Gasteiger partial charge < -0.3 is 0 Å². The summed E-state index contributed by atoms with van der Waals surface area (Å²) in [5, 5.41) is 0. The first kappa shape index (κ1) is 13.1. The number of carbonyl (C=O) groups is 1. The van der Waals surface area contributed by atoms with E-state index in [0.717, 1.165) is 30.6 Å². The van der Waals surface area contributed by atoms with Gasteiger partial charge in [0.15, 0.2) is 0 Å². The van der Waals surface area contributed by atoms with Crippen molar-refractivity contribution < 1.29 is 4.79 Å². The molecule has 2 saturated carbocycles. The minimum absolute atomic E-state index is 0.402. The third-order valence-corrected chi connectivity index (χ3v) is 5.42. The molecule has 0 heterocycles. The number of Topliss-reactive ketones (excluding diaryl/α,β-unsaturated/α-hetero) is 1. The highest BCUT2D eigenvalue weighted by molar-refractivity contribution is 5.83. The van der Waals surface area contributed by atoms with Gasteiger partial charge in [-0.2, -0.15) is 0 Å². The van der Waals surface area contributed by atoms with Crippen molar-refractivity contribution in [3.05, 3.63) is 0 Å². The average Bonchev–Trinajstić information content (AvgIpc) is 2.33. The third kappa shape index (κ3) is 3.11. The number of ketones is 1. The maximum absolute atomic E-state index is 12.5. The van der Waals surface area contributed by atoms with Crippen LogP contribution in [0.25, 0.3) is 0 Å². The molecule has 2 aliphatic carbocycles. The Bertz CT molecular complexity index is 263. The minimum Gasteiger partial charge on any atom is -0.299 e. The van der Waals surface area contributed by atoms with Crippen LogP contribution in [-0.2, 0) is 4.79 Å². The van der Waals surface area contributed by atoms with Gasteiger partial charge in [0.2, 0.25) is 0 Å². The lowest BCUT2D eigenvalue weighted by Gasteiger charge is -2.34. The van der Waals surface area contributed by atoms with Gasteiger partial charge in [0, 0.05) is 11.8 Å². The Labute approximate surface area is 106 Å². The van der Waals surface area contributed by atoms with Gasteiger partial charge in [-0.25, -0.2) is 0 Å². The van der Waals surface area contributed by atoms with Crippen LogP contribution >= 0.6 is 0 Å². The Morgan fingerprint density at radius 3 is 1.94 bits per heavy atom. The zero-order valence-corrected chi connectivity index (χ0v) is 11.7. The highest BCUT2D eigenvalue weighted by Crippen LogP contribution is 2.38. The molecule has 0 N–H and O–H groups in total. The van der Waals surface area contributed by atoms with Crippen molar-refractivity contribution in [2.24, 2.45) is 29.6 Å². The molecule has 3 atom stereocenters. The Morgan fingerprint density at radius 2 is 1.35 bits per heavy atom. The van der Waals surface area contributed by atoms with Gasteiger partial charge in [-0.3, -0.25) is 4.79 Å². The smallest absolute Gasteiger partial charge is 0.139 e. The molecule has 2 aliphatic rings. The molecule has 0 bridgehead atoms. The highest BCUT2D eigenvalue weighted by Gasteiger charge is 2.34. The summed E-state index contributed by atoms with van der Waals surface area (Å²) in [6.07, 6.45) is 8.47. The molecule has 0 radical (unpaired) electrons. The average molecular weight is 236 g/mol. The summed E-state index contributed by atoms with van der Waals surface area (Å²) in [7, 11) is 0. The zero-order valence-electron chi connectivity index (χ0n) is 11.7. The van der Waals surface area contributed by atoms with Gasteiger partial charge in [-0.1, -0.05) is 33.6 Å². The van der Waals surface area contributed by atoms with Crippen LogP contribution in [-0.4, -0.2) is 5.78 Å². The van der Waals surface area contributed by atoms with E-state index in [1.807, 2.05) is 0 Å². The van der Waals surface area contributed by atoms with E-state index in [4.69, 9.17) is 0 Å². The molecule has 0 spiro atoms. The second-order valence-electron chi connectivity index (χ2n) is 6.82. The second-order valence-corrected chi connectivity index (χ2v) is 6.82. The van der Waals surface area contributed by atoms with Crippen molar-refractivity contribution >= 4 is 5.78 Å². The fourth-order valence-corrected chi connectivity index (χ4v) is 3.68. The predicted molar refractivity (Wildman–Crippen MR) is 71.8 cm³/mol. The van der Waals surface area contributed by atoms with Crippen LogP contribution < -0.4 is 0 Å². The zero-order chi connectivity index (χ0) is 12.4. The molecule has 0 saturated heterocycles. The summed E-state index contributed by atoms with van der Waals surface area (Å²) < 4.78 is 0. The largest absolute Gasteiger partial charge is 0.299 e. The first-order valence-corrected chi connectivity index (χ1v) is 7.61. The van der Waals surface area contributed by atoms with Gasteiger partial charge >= 0.3 is 0 Å². The quantitative estimate of drug-likeness (QED) is 0.692. The molecular weight excluding hydrogens is 208 g/mol. The van der Waals surface area contributed by atoms with E-state index in [0.29, 0.717) is 17.6 Å². The minimum atomic E-state index is 0.402. The van der Waals surface area contributed by atoms with Crippen LogP contribution in [0.5, 0.6) is 0 Å². The van der Waals surface area contributed by atoms with Gasteiger partial charge in [0.1, 0.15) is 5.78 Å². The molecule has 2 fully saturated rings. The Hall–Kier alpha value is -0.330. The normalized spacial score (nSPS) is 43.4. The molecule has 1 heteroatoms. The van der Waals surface area contributed by atoms with Crippen LogP contribution in [0.1, 0.15) is 65.7 Å². The maximum Gasteiger partial charge on any atom is 0.139 e. The van der Waals surface area contributed by atoms with E-state index < -0.39 is 0 Å². The predicted octanol–water partition coefficient (Wildman–Crippen LogP) is 4.45. The topological polar surface area (TPSA) is 17.1 Å². The lowest BCUT2D eigenvalue weighted by Crippen LogP contribution is -2.32. The van der Waals surface area contributed by atoms with Crippen molar-refractivity contribution in [3.8, 4) is 0 Å². The first-order chi connectivity index (χ1) is 8.08. The highest BCUT2D eigenvalue weighted by atomic mass is 16.1. The van der Waals surface area contributed by atoms with Crippen molar-refractivity contribution in [1.82, 2.24) is 0 Å². The molecule has 0 aromatic heterocycles. The van der Waals surface area contributed by atoms with Crippen LogP contribution in [0.15, 0.2) is 0 Å². The molecule has 17 heavy (non-hydrogen) atoms. The summed E-state index contributed by atoms with van der Waals surface area (Å²) in [6.45, 7) is 6.99. The molecule has 3 unspecified atom stereocenters. The number of hydrogen-bond donors (Lipinski definition) is 0. The summed E-state index contributed by atoms with van der Waals surface area (Å²) in [4.78, 5) is 12.5. The lowest BCUT2D eigenvalue weighted by molar-refractivity contribution is -0.129. The second kappa shape index (κ2) is 5.54. The first-order valence-electron chi connectivity index (χ1n) is 7.61. The summed E-state index contributed by atoms with van der Waals surface area (Å²) in [6, 6.07) is 0. The fraction of sp³-hybridized carbons (Fsp3) is 0.938. The number of carbonyl (C=O) groups excluding carboxylic acids is 1. The Morgan fingerprint density at radius 1 is 0.765 bits per heavy atom. The van der Waals surface area contributed by atoms with Crippen LogP contribution in [0.2, 0.25) is 0 Å².